The summed E-state index contributed by atoms with van der Waals surface area (Å²) in [5.41, 5.74) is 2.72. The highest BCUT2D eigenvalue weighted by Crippen LogP contribution is 2.36. The molecule has 2 nitrogen and oxygen atoms in total. The lowest BCUT2D eigenvalue weighted by Crippen LogP contribution is -2.40. The molecule has 1 unspecified atom stereocenters. The Bertz CT molecular complexity index is 367. The molecule has 0 radical (unpaired) electrons. The van der Waals surface area contributed by atoms with Crippen molar-refractivity contribution in [2.75, 3.05) is 19.0 Å². The summed E-state index contributed by atoms with van der Waals surface area (Å²) in [6.45, 7) is 2.96. The van der Waals surface area contributed by atoms with Crippen LogP contribution in [0.4, 0.5) is 5.69 Å². The summed E-state index contributed by atoms with van der Waals surface area (Å²) in [5, 5.41) is 3.58. The summed E-state index contributed by atoms with van der Waals surface area (Å²) in [5.74, 6) is 0. The van der Waals surface area contributed by atoms with Gasteiger partial charge in [0.25, 0.3) is 0 Å². The lowest BCUT2D eigenvalue weighted by molar-refractivity contribution is 0.143. The fourth-order valence-corrected chi connectivity index (χ4v) is 2.55. The standard InChI is InChI=1S/C12H16BrNO/c1-3-12(8-15-2)7-9-4-5-10(13)6-11(9)14-12/h4-6,14H,3,7-8H2,1-2H3. The maximum atomic E-state index is 5.31. The minimum Gasteiger partial charge on any atom is -0.382 e. The molecule has 0 bridgehead atoms. The maximum absolute atomic E-state index is 5.31. The summed E-state index contributed by atoms with van der Waals surface area (Å²) in [6.07, 6.45) is 2.13. The number of rotatable bonds is 3. The lowest BCUT2D eigenvalue weighted by atomic mass is 9.93. The zero-order chi connectivity index (χ0) is 10.9. The summed E-state index contributed by atoms with van der Waals surface area (Å²) >= 11 is 3.49. The molecule has 1 aliphatic rings. The number of nitrogens with one attached hydrogen (secondary N) is 1. The van der Waals surface area contributed by atoms with Crippen molar-refractivity contribution < 1.29 is 4.74 Å². The van der Waals surface area contributed by atoms with Gasteiger partial charge in [-0.2, -0.15) is 0 Å². The van der Waals surface area contributed by atoms with Crippen molar-refractivity contribution in [3.8, 4) is 0 Å². The first-order valence-electron chi connectivity index (χ1n) is 5.25. The Morgan fingerprint density at radius 2 is 2.33 bits per heavy atom. The number of benzene rings is 1. The van der Waals surface area contributed by atoms with E-state index < -0.39 is 0 Å². The summed E-state index contributed by atoms with van der Waals surface area (Å²) < 4.78 is 6.43. The average molecular weight is 270 g/mol. The summed E-state index contributed by atoms with van der Waals surface area (Å²) in [4.78, 5) is 0. The molecule has 0 saturated heterocycles. The SMILES string of the molecule is CCC1(COC)Cc2ccc(Br)cc2N1. The normalized spacial score (nSPS) is 23.7. The van der Waals surface area contributed by atoms with Crippen LogP contribution < -0.4 is 5.32 Å². The predicted molar refractivity (Wildman–Crippen MR) is 66.4 cm³/mol. The van der Waals surface area contributed by atoms with Gasteiger partial charge in [0.05, 0.1) is 12.1 Å². The van der Waals surface area contributed by atoms with Gasteiger partial charge in [0.1, 0.15) is 0 Å². The van der Waals surface area contributed by atoms with E-state index in [0.717, 1.165) is 23.9 Å². The van der Waals surface area contributed by atoms with Gasteiger partial charge in [-0.25, -0.2) is 0 Å². The minimum atomic E-state index is 0.0951. The van der Waals surface area contributed by atoms with Crippen LogP contribution in [-0.2, 0) is 11.2 Å². The smallest absolute Gasteiger partial charge is 0.0695 e. The molecule has 1 heterocycles. The molecule has 0 aliphatic carbocycles. The monoisotopic (exact) mass is 269 g/mol. The largest absolute Gasteiger partial charge is 0.382 e. The van der Waals surface area contributed by atoms with Crippen LogP contribution in [0.15, 0.2) is 22.7 Å². The summed E-state index contributed by atoms with van der Waals surface area (Å²) in [7, 11) is 1.76. The second-order valence-corrected chi connectivity index (χ2v) is 5.09. The summed E-state index contributed by atoms with van der Waals surface area (Å²) in [6, 6.07) is 6.42. The van der Waals surface area contributed by atoms with E-state index in [1.165, 1.54) is 11.3 Å². The molecule has 0 aromatic heterocycles. The first-order chi connectivity index (χ1) is 7.19. The second kappa shape index (κ2) is 4.14. The number of anilines is 1. The van der Waals surface area contributed by atoms with Gasteiger partial charge in [-0.1, -0.05) is 28.9 Å². The van der Waals surface area contributed by atoms with E-state index in [0.29, 0.717) is 0 Å². The molecule has 2 rings (SSSR count). The highest BCUT2D eigenvalue weighted by molar-refractivity contribution is 9.10. The van der Waals surface area contributed by atoms with Crippen molar-refractivity contribution in [1.82, 2.24) is 0 Å². The van der Waals surface area contributed by atoms with E-state index in [1.54, 1.807) is 7.11 Å². The Morgan fingerprint density at radius 3 is 3.00 bits per heavy atom. The Labute approximate surface area is 99.1 Å². The zero-order valence-corrected chi connectivity index (χ0v) is 10.7. The highest BCUT2D eigenvalue weighted by Gasteiger charge is 2.34. The molecule has 1 N–H and O–H groups in total. The van der Waals surface area contributed by atoms with Gasteiger partial charge in [0, 0.05) is 17.3 Å². The quantitative estimate of drug-likeness (QED) is 0.910. The van der Waals surface area contributed by atoms with Gasteiger partial charge in [0.15, 0.2) is 0 Å². The van der Waals surface area contributed by atoms with Gasteiger partial charge in [-0.3, -0.25) is 0 Å². The van der Waals surface area contributed by atoms with Crippen molar-refractivity contribution in [1.29, 1.82) is 0 Å². The van der Waals surface area contributed by atoms with Gasteiger partial charge < -0.3 is 10.1 Å². The average Bonchev–Trinajstić information content (AvgIpc) is 2.56. The number of halogens is 1. The molecule has 0 saturated carbocycles. The van der Waals surface area contributed by atoms with Crippen LogP contribution in [0.2, 0.25) is 0 Å². The third kappa shape index (κ3) is 2.04. The van der Waals surface area contributed by atoms with Crippen molar-refractivity contribution in [3.05, 3.63) is 28.2 Å². The molecule has 1 aromatic carbocycles. The molecular weight excluding hydrogens is 254 g/mol. The van der Waals surface area contributed by atoms with Gasteiger partial charge in [0.2, 0.25) is 0 Å². The van der Waals surface area contributed by atoms with Crippen molar-refractivity contribution >= 4 is 21.6 Å². The first-order valence-corrected chi connectivity index (χ1v) is 6.04. The fraction of sp³-hybridized carbons (Fsp3) is 0.500. The fourth-order valence-electron chi connectivity index (χ4n) is 2.19. The number of ether oxygens (including phenoxy) is 1. The predicted octanol–water partition coefficient (Wildman–Crippen LogP) is 3.21. The van der Waals surface area contributed by atoms with Gasteiger partial charge in [-0.15, -0.1) is 0 Å². The Morgan fingerprint density at radius 1 is 1.53 bits per heavy atom. The molecule has 1 aliphatic heterocycles. The molecular formula is C12H16BrNO. The molecule has 0 amide bonds. The molecule has 3 heteroatoms. The number of methoxy groups -OCH3 is 1. The Kier molecular flexibility index (Phi) is 3.03. The van der Waals surface area contributed by atoms with Crippen molar-refractivity contribution in [2.24, 2.45) is 0 Å². The molecule has 1 atom stereocenters. The number of hydrogen-bond acceptors (Lipinski definition) is 2. The van der Waals surface area contributed by atoms with Crippen LogP contribution >= 0.6 is 15.9 Å². The van der Waals surface area contributed by atoms with E-state index >= 15 is 0 Å². The van der Waals surface area contributed by atoms with E-state index in [9.17, 15) is 0 Å². The van der Waals surface area contributed by atoms with E-state index in [4.69, 9.17) is 4.74 Å². The zero-order valence-electron chi connectivity index (χ0n) is 9.14. The third-order valence-electron chi connectivity index (χ3n) is 3.10. The van der Waals surface area contributed by atoms with Gasteiger partial charge >= 0.3 is 0 Å². The van der Waals surface area contributed by atoms with E-state index in [-0.39, 0.29) is 5.54 Å². The molecule has 0 spiro atoms. The third-order valence-corrected chi connectivity index (χ3v) is 3.59. The molecule has 0 fully saturated rings. The second-order valence-electron chi connectivity index (χ2n) is 4.17. The highest BCUT2D eigenvalue weighted by atomic mass is 79.9. The lowest BCUT2D eigenvalue weighted by Gasteiger charge is -2.27. The van der Waals surface area contributed by atoms with Crippen LogP contribution in [0.5, 0.6) is 0 Å². The van der Waals surface area contributed by atoms with Crippen molar-refractivity contribution in [3.63, 3.8) is 0 Å². The van der Waals surface area contributed by atoms with Crippen molar-refractivity contribution in [2.45, 2.75) is 25.3 Å². The van der Waals surface area contributed by atoms with E-state index in [1.807, 2.05) is 0 Å². The first kappa shape index (κ1) is 11.0. The van der Waals surface area contributed by atoms with Crippen LogP contribution in [0.1, 0.15) is 18.9 Å². The number of fused-ring (bicyclic) bond motifs is 1. The van der Waals surface area contributed by atoms with Gasteiger partial charge in [-0.05, 0) is 30.5 Å². The maximum Gasteiger partial charge on any atom is 0.0695 e. The van der Waals surface area contributed by atoms with Crippen LogP contribution in [-0.4, -0.2) is 19.3 Å². The molecule has 82 valence electrons. The number of hydrogen-bond donors (Lipinski definition) is 1. The topological polar surface area (TPSA) is 21.3 Å². The van der Waals surface area contributed by atoms with Crippen LogP contribution in [0, 0.1) is 0 Å². The van der Waals surface area contributed by atoms with Crippen LogP contribution in [0.3, 0.4) is 0 Å². The minimum absolute atomic E-state index is 0.0951. The molecule has 1 aromatic rings. The van der Waals surface area contributed by atoms with E-state index in [2.05, 4.69) is 46.4 Å². The van der Waals surface area contributed by atoms with Crippen LogP contribution in [0.25, 0.3) is 0 Å². The molecule has 15 heavy (non-hydrogen) atoms. The Hall–Kier alpha value is -0.540. The Balaban J connectivity index is 2.26.